The van der Waals surface area contributed by atoms with Crippen molar-refractivity contribution in [3.63, 3.8) is 0 Å². The Morgan fingerprint density at radius 2 is 1.18 bits per heavy atom. The molecule has 1 heterocycles. The maximum atomic E-state index is 14.3. The molecule has 6 N–H and O–H groups in total. The Balaban J connectivity index is 1.29. The Bertz CT molecular complexity index is 2030. The van der Waals surface area contributed by atoms with Gasteiger partial charge in [-0.2, -0.15) is 0 Å². The fourth-order valence-corrected chi connectivity index (χ4v) is 6.82. The van der Waals surface area contributed by atoms with Crippen LogP contribution in [-0.2, 0) is 38.4 Å². The third-order valence-electron chi connectivity index (χ3n) is 9.83. The van der Waals surface area contributed by atoms with Crippen molar-refractivity contribution in [1.29, 1.82) is 0 Å². The standard InChI is InChI=1S/C42H45N5O4/c1-42(41(43)51,27-28-9-3-2-4-10-28)47-40(50)37(26-30-16-18-32-12-6-8-14-35(32)24-30)46-39(49)36(45-38(48)33-19-21-44-22-20-33)25-29-15-17-31-11-5-7-13-34(31)23-29/h2-18,23-24,33,36-37,44H,19-22,25-27H2,1H3,(H2,43,51)(H,45,48)(H,46,49)(H,47,50). The second-order valence-electron chi connectivity index (χ2n) is 13.8. The summed E-state index contributed by atoms with van der Waals surface area (Å²) in [5.41, 5.74) is 6.98. The zero-order chi connectivity index (χ0) is 35.8. The van der Waals surface area contributed by atoms with Gasteiger partial charge in [-0.25, -0.2) is 0 Å². The van der Waals surface area contributed by atoms with Gasteiger partial charge in [-0.3, -0.25) is 19.2 Å². The summed E-state index contributed by atoms with van der Waals surface area (Å²) in [6, 6.07) is 35.0. The SMILES string of the molecule is CC(Cc1ccccc1)(NC(=O)C(Cc1ccc2ccccc2c1)NC(=O)C(Cc1ccc2ccccc2c1)NC(=O)C1CCNCC1)C(N)=O. The number of piperidine rings is 1. The predicted octanol–water partition coefficient (Wildman–Crippen LogP) is 4.35. The van der Waals surface area contributed by atoms with Crippen LogP contribution < -0.4 is 27.0 Å². The van der Waals surface area contributed by atoms with Crippen molar-refractivity contribution in [1.82, 2.24) is 21.3 Å². The lowest BCUT2D eigenvalue weighted by atomic mass is 9.91. The number of amides is 4. The van der Waals surface area contributed by atoms with Gasteiger partial charge >= 0.3 is 0 Å². The highest BCUT2D eigenvalue weighted by atomic mass is 16.2. The number of carbonyl (C=O) groups excluding carboxylic acids is 4. The van der Waals surface area contributed by atoms with Crippen LogP contribution in [0.5, 0.6) is 0 Å². The summed E-state index contributed by atoms with van der Waals surface area (Å²) in [6.45, 7) is 3.06. The van der Waals surface area contributed by atoms with E-state index < -0.39 is 35.3 Å². The summed E-state index contributed by atoms with van der Waals surface area (Å²) in [6.07, 6.45) is 1.90. The van der Waals surface area contributed by atoms with Gasteiger partial charge < -0.3 is 27.0 Å². The normalized spacial score (nSPS) is 15.7. The second kappa shape index (κ2) is 16.0. The molecule has 0 spiro atoms. The van der Waals surface area contributed by atoms with Crippen LogP contribution in [0.15, 0.2) is 115 Å². The molecule has 3 atom stereocenters. The summed E-state index contributed by atoms with van der Waals surface area (Å²) in [4.78, 5) is 54.9. The van der Waals surface area contributed by atoms with E-state index in [0.29, 0.717) is 12.8 Å². The predicted molar refractivity (Wildman–Crippen MR) is 201 cm³/mol. The quantitative estimate of drug-likeness (QED) is 0.126. The molecule has 0 radical (unpaired) electrons. The number of benzene rings is 5. The maximum absolute atomic E-state index is 14.3. The van der Waals surface area contributed by atoms with E-state index in [9.17, 15) is 19.2 Å². The van der Waals surface area contributed by atoms with Gasteiger partial charge in [0.15, 0.2) is 0 Å². The van der Waals surface area contributed by atoms with E-state index in [2.05, 4.69) is 21.3 Å². The van der Waals surface area contributed by atoms with Crippen molar-refractivity contribution in [3.8, 4) is 0 Å². The third-order valence-corrected chi connectivity index (χ3v) is 9.83. The topological polar surface area (TPSA) is 142 Å². The number of nitrogens with two attached hydrogens (primary N) is 1. The number of rotatable bonds is 13. The lowest BCUT2D eigenvalue weighted by Gasteiger charge is -2.31. The summed E-state index contributed by atoms with van der Waals surface area (Å²) in [5.74, 6) is -2.14. The van der Waals surface area contributed by atoms with Crippen LogP contribution in [-0.4, -0.2) is 54.3 Å². The monoisotopic (exact) mass is 683 g/mol. The Labute approximate surface area is 298 Å². The van der Waals surface area contributed by atoms with Gasteiger partial charge in [-0.15, -0.1) is 0 Å². The molecule has 5 aromatic carbocycles. The molecule has 6 rings (SSSR count). The summed E-state index contributed by atoms with van der Waals surface area (Å²) in [7, 11) is 0. The average Bonchev–Trinajstić information content (AvgIpc) is 3.14. The molecule has 51 heavy (non-hydrogen) atoms. The fraction of sp³-hybridized carbons (Fsp3) is 0.286. The highest BCUT2D eigenvalue weighted by Crippen LogP contribution is 2.20. The lowest BCUT2D eigenvalue weighted by molar-refractivity contribution is -0.135. The Morgan fingerprint density at radius 3 is 1.73 bits per heavy atom. The van der Waals surface area contributed by atoms with E-state index >= 15 is 0 Å². The first kappa shape index (κ1) is 35.3. The van der Waals surface area contributed by atoms with Crippen LogP contribution in [0.3, 0.4) is 0 Å². The molecule has 4 amide bonds. The van der Waals surface area contributed by atoms with Gasteiger partial charge in [0.05, 0.1) is 0 Å². The molecule has 9 nitrogen and oxygen atoms in total. The largest absolute Gasteiger partial charge is 0.368 e. The van der Waals surface area contributed by atoms with Gasteiger partial charge in [0.1, 0.15) is 17.6 Å². The van der Waals surface area contributed by atoms with E-state index in [4.69, 9.17) is 5.73 Å². The minimum Gasteiger partial charge on any atom is -0.368 e. The minimum absolute atomic E-state index is 0.146. The highest BCUT2D eigenvalue weighted by Gasteiger charge is 2.37. The van der Waals surface area contributed by atoms with Crippen LogP contribution in [0.1, 0.15) is 36.5 Å². The van der Waals surface area contributed by atoms with E-state index in [1.165, 1.54) is 0 Å². The zero-order valence-corrected chi connectivity index (χ0v) is 28.9. The van der Waals surface area contributed by atoms with Gasteiger partial charge in [-0.05, 0) is 71.1 Å². The van der Waals surface area contributed by atoms with Crippen LogP contribution in [0.25, 0.3) is 21.5 Å². The van der Waals surface area contributed by atoms with Crippen molar-refractivity contribution >= 4 is 45.2 Å². The van der Waals surface area contributed by atoms with Gasteiger partial charge in [0.25, 0.3) is 0 Å². The molecular formula is C42H45N5O4. The third kappa shape index (κ3) is 8.98. The molecule has 0 aliphatic carbocycles. The lowest BCUT2D eigenvalue weighted by Crippen LogP contribution is -2.62. The van der Waals surface area contributed by atoms with Gasteiger partial charge in [-0.1, -0.05) is 115 Å². The van der Waals surface area contributed by atoms with Crippen LogP contribution in [0.4, 0.5) is 0 Å². The molecule has 5 aromatic rings. The van der Waals surface area contributed by atoms with E-state index in [0.717, 1.165) is 51.3 Å². The number of carbonyl (C=O) groups is 4. The first-order chi connectivity index (χ1) is 24.7. The van der Waals surface area contributed by atoms with E-state index in [1.807, 2.05) is 115 Å². The number of primary amides is 1. The highest BCUT2D eigenvalue weighted by molar-refractivity contribution is 5.96. The Kier molecular flexibility index (Phi) is 11.1. The number of nitrogens with one attached hydrogen (secondary N) is 4. The first-order valence-electron chi connectivity index (χ1n) is 17.6. The van der Waals surface area contributed by atoms with Crippen molar-refractivity contribution in [3.05, 3.63) is 132 Å². The van der Waals surface area contributed by atoms with Crippen LogP contribution in [0.2, 0.25) is 0 Å². The molecule has 0 bridgehead atoms. The van der Waals surface area contributed by atoms with Gasteiger partial charge in [0.2, 0.25) is 23.6 Å². The molecule has 9 heteroatoms. The molecule has 1 aliphatic heterocycles. The summed E-state index contributed by atoms with van der Waals surface area (Å²) in [5, 5.41) is 16.3. The Hall–Kier alpha value is -5.54. The number of hydrogen-bond donors (Lipinski definition) is 5. The number of hydrogen-bond acceptors (Lipinski definition) is 5. The molecule has 0 aromatic heterocycles. The zero-order valence-electron chi connectivity index (χ0n) is 28.9. The molecular weight excluding hydrogens is 638 g/mol. The first-order valence-corrected chi connectivity index (χ1v) is 17.6. The van der Waals surface area contributed by atoms with Crippen LogP contribution >= 0.6 is 0 Å². The average molecular weight is 684 g/mol. The van der Waals surface area contributed by atoms with Crippen molar-refractivity contribution < 1.29 is 19.2 Å². The van der Waals surface area contributed by atoms with Crippen LogP contribution in [0, 0.1) is 5.92 Å². The minimum atomic E-state index is -1.43. The molecule has 262 valence electrons. The fourth-order valence-electron chi connectivity index (χ4n) is 6.82. The molecule has 0 saturated carbocycles. The van der Waals surface area contributed by atoms with Crippen molar-refractivity contribution in [2.75, 3.05) is 13.1 Å². The molecule has 1 saturated heterocycles. The maximum Gasteiger partial charge on any atom is 0.243 e. The molecule has 3 unspecified atom stereocenters. The second-order valence-corrected chi connectivity index (χ2v) is 13.8. The van der Waals surface area contributed by atoms with Gasteiger partial charge in [0, 0.05) is 25.2 Å². The smallest absolute Gasteiger partial charge is 0.243 e. The number of fused-ring (bicyclic) bond motifs is 2. The summed E-state index contributed by atoms with van der Waals surface area (Å²) >= 11 is 0. The van der Waals surface area contributed by atoms with Crippen molar-refractivity contribution in [2.45, 2.75) is 56.7 Å². The summed E-state index contributed by atoms with van der Waals surface area (Å²) < 4.78 is 0. The van der Waals surface area contributed by atoms with E-state index in [-0.39, 0.29) is 31.1 Å². The van der Waals surface area contributed by atoms with Crippen molar-refractivity contribution in [2.24, 2.45) is 11.7 Å². The molecule has 1 aliphatic rings. The molecule has 1 fully saturated rings. The van der Waals surface area contributed by atoms with E-state index in [1.54, 1.807) is 6.92 Å². The Morgan fingerprint density at radius 1 is 0.667 bits per heavy atom.